The van der Waals surface area contributed by atoms with E-state index < -0.39 is 0 Å². The Morgan fingerprint density at radius 3 is 2.70 bits per heavy atom. The molecule has 2 aromatic heterocycles. The molecule has 1 saturated carbocycles. The average molecular weight is 371 g/mol. The van der Waals surface area contributed by atoms with Crippen molar-refractivity contribution in [1.29, 1.82) is 0 Å². The van der Waals surface area contributed by atoms with Crippen LogP contribution in [0.15, 0.2) is 24.5 Å². The molecule has 0 amide bonds. The highest BCUT2D eigenvalue weighted by atomic mass is 16.5. The maximum Gasteiger partial charge on any atom is 0.147 e. The van der Waals surface area contributed by atoms with Gasteiger partial charge in [0.2, 0.25) is 0 Å². The number of aromatic nitrogens is 4. The van der Waals surface area contributed by atoms with Crippen LogP contribution in [0, 0.1) is 0 Å². The minimum Gasteiger partial charge on any atom is -0.373 e. The summed E-state index contributed by atoms with van der Waals surface area (Å²) in [5.41, 5.74) is 7.09. The van der Waals surface area contributed by atoms with E-state index in [0.29, 0.717) is 24.7 Å². The van der Waals surface area contributed by atoms with Crippen molar-refractivity contribution >= 4 is 0 Å². The van der Waals surface area contributed by atoms with Crippen molar-refractivity contribution in [3.05, 3.63) is 41.7 Å². The van der Waals surface area contributed by atoms with E-state index in [1.54, 1.807) is 6.20 Å². The molecule has 3 heterocycles. The summed E-state index contributed by atoms with van der Waals surface area (Å²) in [6.07, 6.45) is 8.20. The van der Waals surface area contributed by atoms with Crippen molar-refractivity contribution in [2.24, 2.45) is 5.73 Å². The second-order valence-electron chi connectivity index (χ2n) is 7.79. The Morgan fingerprint density at radius 1 is 1.22 bits per heavy atom. The first-order valence-electron chi connectivity index (χ1n) is 10.1. The maximum atomic E-state index is 6.07. The van der Waals surface area contributed by atoms with Gasteiger partial charge in [-0.05, 0) is 44.2 Å². The average Bonchev–Trinajstić information content (AvgIpc) is 3.07. The van der Waals surface area contributed by atoms with Gasteiger partial charge in [-0.25, -0.2) is 0 Å². The van der Waals surface area contributed by atoms with Gasteiger partial charge in [-0.2, -0.15) is 0 Å². The van der Waals surface area contributed by atoms with Crippen LogP contribution in [0.2, 0.25) is 0 Å². The molecule has 7 heteroatoms. The summed E-state index contributed by atoms with van der Waals surface area (Å²) in [7, 11) is 0. The fourth-order valence-corrected chi connectivity index (χ4v) is 4.12. The third-order valence-corrected chi connectivity index (χ3v) is 5.82. The van der Waals surface area contributed by atoms with E-state index in [1.807, 2.05) is 12.3 Å². The summed E-state index contributed by atoms with van der Waals surface area (Å²) in [6, 6.07) is 4.36. The zero-order valence-electron chi connectivity index (χ0n) is 16.1. The van der Waals surface area contributed by atoms with Crippen molar-refractivity contribution in [1.82, 2.24) is 24.6 Å². The minimum atomic E-state index is 0.331. The van der Waals surface area contributed by atoms with Crippen LogP contribution in [0.4, 0.5) is 0 Å². The first-order chi connectivity index (χ1) is 13.2. The van der Waals surface area contributed by atoms with Gasteiger partial charge in [-0.1, -0.05) is 6.07 Å². The third kappa shape index (κ3) is 4.36. The molecular weight excluding hydrogens is 340 g/mol. The first kappa shape index (κ1) is 18.5. The molecule has 1 saturated heterocycles. The molecule has 0 spiro atoms. The lowest BCUT2D eigenvalue weighted by Gasteiger charge is -2.33. The van der Waals surface area contributed by atoms with Gasteiger partial charge >= 0.3 is 0 Å². The molecule has 7 nitrogen and oxygen atoms in total. The highest BCUT2D eigenvalue weighted by Gasteiger charge is 2.32. The quantitative estimate of drug-likeness (QED) is 0.803. The zero-order chi connectivity index (χ0) is 18.6. The number of nitrogens with two attached hydrogens (primary N) is 1. The van der Waals surface area contributed by atoms with Gasteiger partial charge in [0.1, 0.15) is 11.6 Å². The molecule has 2 N–H and O–H groups in total. The molecule has 2 aliphatic rings. The van der Waals surface area contributed by atoms with E-state index in [0.717, 1.165) is 69.1 Å². The van der Waals surface area contributed by atoms with Crippen molar-refractivity contribution in [2.75, 3.05) is 13.1 Å². The molecule has 0 bridgehead atoms. The van der Waals surface area contributed by atoms with Crippen LogP contribution in [0.1, 0.15) is 55.7 Å². The molecule has 0 unspecified atom stereocenters. The fraction of sp³-hybridized carbons (Fsp3) is 0.650. The Kier molecular flexibility index (Phi) is 5.80. The Balaban J connectivity index is 1.27. The second kappa shape index (κ2) is 8.46. The lowest BCUT2D eigenvalue weighted by molar-refractivity contribution is -0.00465. The number of likely N-dealkylation sites (tertiary alicyclic amines) is 1. The molecule has 0 aromatic carbocycles. The lowest BCUT2D eigenvalue weighted by atomic mass is 9.80. The van der Waals surface area contributed by atoms with Crippen LogP contribution in [-0.4, -0.2) is 49.9 Å². The molecular formula is C20H30N6O. The molecule has 27 heavy (non-hydrogen) atoms. The smallest absolute Gasteiger partial charge is 0.147 e. The second-order valence-corrected chi connectivity index (χ2v) is 7.79. The monoisotopic (exact) mass is 370 g/mol. The van der Waals surface area contributed by atoms with Gasteiger partial charge in [0, 0.05) is 44.0 Å². The molecule has 2 aromatic rings. The third-order valence-electron chi connectivity index (χ3n) is 5.82. The molecule has 1 aliphatic heterocycles. The predicted molar refractivity (Wildman–Crippen MR) is 103 cm³/mol. The van der Waals surface area contributed by atoms with Crippen LogP contribution in [0.5, 0.6) is 0 Å². The van der Waals surface area contributed by atoms with E-state index in [2.05, 4.69) is 37.6 Å². The van der Waals surface area contributed by atoms with Gasteiger partial charge < -0.3 is 15.0 Å². The van der Waals surface area contributed by atoms with Crippen molar-refractivity contribution in [3.8, 4) is 0 Å². The molecule has 146 valence electrons. The lowest BCUT2D eigenvalue weighted by Crippen LogP contribution is -2.38. The number of piperidine rings is 1. The van der Waals surface area contributed by atoms with E-state index >= 15 is 0 Å². The van der Waals surface area contributed by atoms with Crippen molar-refractivity contribution in [3.63, 3.8) is 0 Å². The van der Waals surface area contributed by atoms with Crippen LogP contribution in [0.25, 0.3) is 0 Å². The predicted octanol–water partition coefficient (Wildman–Crippen LogP) is 2.08. The Labute approximate surface area is 160 Å². The minimum absolute atomic E-state index is 0.331. The SMILES string of the molecule is CCn1c(CN2CCC(OCc3cccnc3)CC2)nnc1C1CC(N)C1. The van der Waals surface area contributed by atoms with Crippen molar-refractivity contribution < 1.29 is 4.74 Å². The van der Waals surface area contributed by atoms with Gasteiger partial charge in [0.05, 0.1) is 19.3 Å². The molecule has 0 atom stereocenters. The summed E-state index contributed by atoms with van der Waals surface area (Å²) in [4.78, 5) is 6.61. The van der Waals surface area contributed by atoms with E-state index in [-0.39, 0.29) is 0 Å². The van der Waals surface area contributed by atoms with Crippen LogP contribution in [-0.2, 0) is 24.4 Å². The van der Waals surface area contributed by atoms with Crippen LogP contribution < -0.4 is 5.73 Å². The summed E-state index contributed by atoms with van der Waals surface area (Å²) >= 11 is 0. The Bertz CT molecular complexity index is 719. The fourth-order valence-electron chi connectivity index (χ4n) is 4.12. The summed E-state index contributed by atoms with van der Waals surface area (Å²) in [6.45, 7) is 6.70. The van der Waals surface area contributed by atoms with Crippen LogP contribution in [0.3, 0.4) is 0 Å². The van der Waals surface area contributed by atoms with E-state index in [4.69, 9.17) is 10.5 Å². The Hall–Kier alpha value is -1.83. The number of hydrogen-bond donors (Lipinski definition) is 1. The number of ether oxygens (including phenoxy) is 1. The summed E-state index contributed by atoms with van der Waals surface area (Å²) in [5.74, 6) is 2.71. The largest absolute Gasteiger partial charge is 0.373 e. The standard InChI is InChI=1S/C20H30N6O/c1-2-26-19(23-24-20(26)16-10-17(21)11-16)13-25-8-5-18(6-9-25)27-14-15-4-3-7-22-12-15/h3-4,7,12,16-18H,2,5-6,8-11,13-14,21H2,1H3. The normalized spacial score (nSPS) is 24.1. The number of pyridine rings is 1. The number of nitrogens with zero attached hydrogens (tertiary/aromatic N) is 5. The topological polar surface area (TPSA) is 82.1 Å². The van der Waals surface area contributed by atoms with E-state index in [1.165, 1.54) is 0 Å². The van der Waals surface area contributed by atoms with Crippen molar-refractivity contribution in [2.45, 2.75) is 70.4 Å². The van der Waals surface area contributed by atoms with Crippen LogP contribution >= 0.6 is 0 Å². The molecule has 1 aliphatic carbocycles. The zero-order valence-corrected chi connectivity index (χ0v) is 16.1. The van der Waals surface area contributed by atoms with Gasteiger partial charge in [0.25, 0.3) is 0 Å². The van der Waals surface area contributed by atoms with E-state index in [9.17, 15) is 0 Å². The Morgan fingerprint density at radius 2 is 2.04 bits per heavy atom. The number of hydrogen-bond acceptors (Lipinski definition) is 6. The molecule has 0 radical (unpaired) electrons. The first-order valence-corrected chi connectivity index (χ1v) is 10.1. The summed E-state index contributed by atoms with van der Waals surface area (Å²) < 4.78 is 8.36. The highest BCUT2D eigenvalue weighted by Crippen LogP contribution is 2.35. The molecule has 2 fully saturated rings. The van der Waals surface area contributed by atoms with Gasteiger partial charge in [0.15, 0.2) is 0 Å². The highest BCUT2D eigenvalue weighted by molar-refractivity contribution is 5.09. The molecule has 4 rings (SSSR count). The van der Waals surface area contributed by atoms with Gasteiger partial charge in [-0.3, -0.25) is 9.88 Å². The van der Waals surface area contributed by atoms with Gasteiger partial charge in [-0.15, -0.1) is 10.2 Å². The number of rotatable bonds is 7. The summed E-state index contributed by atoms with van der Waals surface area (Å²) in [5, 5.41) is 8.98. The maximum absolute atomic E-state index is 6.07.